The van der Waals surface area contributed by atoms with Gasteiger partial charge in [0, 0.05) is 6.61 Å². The molecule has 0 spiro atoms. The Morgan fingerprint density at radius 3 is 2.78 bits per heavy atom. The summed E-state index contributed by atoms with van der Waals surface area (Å²) in [7, 11) is 0. The van der Waals surface area contributed by atoms with Crippen molar-refractivity contribution in [3.8, 4) is 0 Å². The van der Waals surface area contributed by atoms with Crippen LogP contribution in [-0.2, 0) is 9.53 Å². The number of nitrogens with two attached hydrogens (primary N) is 1. The van der Waals surface area contributed by atoms with E-state index < -0.39 is 0 Å². The fourth-order valence-corrected chi connectivity index (χ4v) is 0.462. The molecule has 2 N–H and O–H groups in total. The molecule has 0 rings (SSSR count). The highest BCUT2D eigenvalue weighted by molar-refractivity contribution is 5.51. The third-order valence-corrected chi connectivity index (χ3v) is 0.904. The van der Waals surface area contributed by atoms with Gasteiger partial charge in [0.2, 0.25) is 6.29 Å². The molecular formula is C6H12NO2. The van der Waals surface area contributed by atoms with E-state index in [-0.39, 0.29) is 6.61 Å². The maximum absolute atomic E-state index is 9.56. The van der Waals surface area contributed by atoms with Gasteiger partial charge in [-0.1, -0.05) is 0 Å². The molecular weight excluding hydrogens is 118 g/mol. The molecule has 9 heavy (non-hydrogen) atoms. The van der Waals surface area contributed by atoms with E-state index in [9.17, 15) is 4.79 Å². The van der Waals surface area contributed by atoms with E-state index in [1.54, 1.807) is 6.29 Å². The van der Waals surface area contributed by atoms with Crippen LogP contribution >= 0.6 is 0 Å². The van der Waals surface area contributed by atoms with Gasteiger partial charge in [-0.2, -0.15) is 0 Å². The fourth-order valence-electron chi connectivity index (χ4n) is 0.462. The number of rotatable bonds is 6. The summed E-state index contributed by atoms with van der Waals surface area (Å²) in [6.45, 7) is 1.39. The SMILES string of the molecule is NCCCCOC[C]=O. The molecule has 3 nitrogen and oxygen atoms in total. The van der Waals surface area contributed by atoms with Crippen molar-refractivity contribution in [2.24, 2.45) is 5.73 Å². The van der Waals surface area contributed by atoms with Gasteiger partial charge >= 0.3 is 0 Å². The third-order valence-electron chi connectivity index (χ3n) is 0.904. The average molecular weight is 130 g/mol. The van der Waals surface area contributed by atoms with Crippen molar-refractivity contribution in [1.29, 1.82) is 0 Å². The molecule has 53 valence electrons. The monoisotopic (exact) mass is 130 g/mol. The van der Waals surface area contributed by atoms with Crippen LogP contribution in [0.15, 0.2) is 0 Å². The molecule has 0 saturated heterocycles. The van der Waals surface area contributed by atoms with Gasteiger partial charge in [0.15, 0.2) is 0 Å². The number of carbonyl (C=O) groups excluding carboxylic acids is 1. The lowest BCUT2D eigenvalue weighted by Gasteiger charge is -1.96. The number of hydrogen-bond acceptors (Lipinski definition) is 3. The minimum atomic E-state index is 0.0879. The van der Waals surface area contributed by atoms with Crippen LogP contribution in [0.4, 0.5) is 0 Å². The van der Waals surface area contributed by atoms with Crippen molar-refractivity contribution in [3.63, 3.8) is 0 Å². The molecule has 0 fully saturated rings. The molecule has 0 saturated carbocycles. The van der Waals surface area contributed by atoms with Crippen LogP contribution in [0.25, 0.3) is 0 Å². The average Bonchev–Trinajstić information content (AvgIpc) is 1.89. The van der Waals surface area contributed by atoms with Gasteiger partial charge in [0.05, 0.1) is 0 Å². The second kappa shape index (κ2) is 7.59. The molecule has 0 bridgehead atoms. The normalized spacial score (nSPS) is 9.44. The van der Waals surface area contributed by atoms with E-state index in [2.05, 4.69) is 0 Å². The lowest BCUT2D eigenvalue weighted by molar-refractivity contribution is 0.165. The van der Waals surface area contributed by atoms with E-state index in [0.29, 0.717) is 13.2 Å². The molecule has 0 aliphatic carbocycles. The van der Waals surface area contributed by atoms with Crippen LogP contribution in [0.3, 0.4) is 0 Å². The summed E-state index contributed by atoms with van der Waals surface area (Å²) in [6.07, 6.45) is 3.53. The summed E-state index contributed by atoms with van der Waals surface area (Å²) >= 11 is 0. The van der Waals surface area contributed by atoms with Gasteiger partial charge in [-0.3, -0.25) is 4.79 Å². The van der Waals surface area contributed by atoms with E-state index in [1.165, 1.54) is 0 Å². The zero-order valence-corrected chi connectivity index (χ0v) is 5.43. The van der Waals surface area contributed by atoms with Crippen molar-refractivity contribution in [2.75, 3.05) is 19.8 Å². The van der Waals surface area contributed by atoms with E-state index in [4.69, 9.17) is 10.5 Å². The first-order valence-corrected chi connectivity index (χ1v) is 3.04. The van der Waals surface area contributed by atoms with Crippen molar-refractivity contribution in [3.05, 3.63) is 0 Å². The quantitative estimate of drug-likeness (QED) is 0.509. The van der Waals surface area contributed by atoms with Gasteiger partial charge in [-0.25, -0.2) is 0 Å². The molecule has 0 aromatic heterocycles. The standard InChI is InChI=1S/C6H12NO2/c7-3-1-2-5-9-6-4-8/h1-3,5-7H2. The molecule has 0 aliphatic heterocycles. The summed E-state index contributed by atoms with van der Waals surface area (Å²) in [5, 5.41) is 0. The highest BCUT2D eigenvalue weighted by Gasteiger charge is 1.85. The first kappa shape index (κ1) is 8.59. The van der Waals surface area contributed by atoms with Crippen molar-refractivity contribution < 1.29 is 9.53 Å². The molecule has 0 aromatic rings. The fraction of sp³-hybridized carbons (Fsp3) is 0.833. The van der Waals surface area contributed by atoms with E-state index in [1.807, 2.05) is 0 Å². The van der Waals surface area contributed by atoms with Crippen LogP contribution in [0.1, 0.15) is 12.8 Å². The van der Waals surface area contributed by atoms with Crippen LogP contribution in [-0.4, -0.2) is 26.0 Å². The van der Waals surface area contributed by atoms with Crippen molar-refractivity contribution in [2.45, 2.75) is 12.8 Å². The summed E-state index contributed by atoms with van der Waals surface area (Å²) in [6, 6.07) is 0. The van der Waals surface area contributed by atoms with E-state index in [0.717, 1.165) is 12.8 Å². The first-order valence-electron chi connectivity index (χ1n) is 3.04. The molecule has 0 unspecified atom stereocenters. The minimum absolute atomic E-state index is 0.0879. The topological polar surface area (TPSA) is 52.3 Å². The van der Waals surface area contributed by atoms with E-state index >= 15 is 0 Å². The first-order chi connectivity index (χ1) is 4.41. The summed E-state index contributed by atoms with van der Waals surface area (Å²) in [5.74, 6) is 0. The molecule has 0 atom stereocenters. The van der Waals surface area contributed by atoms with Crippen LogP contribution < -0.4 is 5.73 Å². The van der Waals surface area contributed by atoms with Gasteiger partial charge in [-0.15, -0.1) is 0 Å². The zero-order valence-electron chi connectivity index (χ0n) is 5.43. The number of ether oxygens (including phenoxy) is 1. The molecule has 0 aliphatic rings. The Morgan fingerprint density at radius 2 is 2.22 bits per heavy atom. The molecule has 1 radical (unpaired) electrons. The zero-order chi connectivity index (χ0) is 6.95. The Kier molecular flexibility index (Phi) is 7.24. The second-order valence-corrected chi connectivity index (χ2v) is 1.69. The Balaban J connectivity index is 2.66. The highest BCUT2D eigenvalue weighted by atomic mass is 16.5. The lowest BCUT2D eigenvalue weighted by atomic mass is 10.3. The van der Waals surface area contributed by atoms with Crippen LogP contribution in [0.5, 0.6) is 0 Å². The van der Waals surface area contributed by atoms with Gasteiger partial charge < -0.3 is 10.5 Å². The predicted octanol–water partition coefficient (Wildman–Crippen LogP) is -0.148. The Hall–Kier alpha value is -0.410. The van der Waals surface area contributed by atoms with Gasteiger partial charge in [-0.05, 0) is 19.4 Å². The van der Waals surface area contributed by atoms with Crippen LogP contribution in [0.2, 0.25) is 0 Å². The molecule has 3 heteroatoms. The number of unbranched alkanes of at least 4 members (excludes halogenated alkanes) is 1. The maximum atomic E-state index is 9.56. The second-order valence-electron chi connectivity index (χ2n) is 1.69. The third kappa shape index (κ3) is 7.59. The van der Waals surface area contributed by atoms with Crippen molar-refractivity contribution in [1.82, 2.24) is 0 Å². The maximum Gasteiger partial charge on any atom is 0.226 e. The minimum Gasteiger partial charge on any atom is -0.373 e. The smallest absolute Gasteiger partial charge is 0.226 e. The van der Waals surface area contributed by atoms with Gasteiger partial charge in [0.1, 0.15) is 6.61 Å². The Labute approximate surface area is 55.2 Å². The lowest BCUT2D eigenvalue weighted by Crippen LogP contribution is -2.02. The predicted molar refractivity (Wildman–Crippen MR) is 34.8 cm³/mol. The molecule has 0 aromatic carbocycles. The Bertz CT molecular complexity index is 66.1. The molecule has 0 heterocycles. The summed E-state index contributed by atoms with van der Waals surface area (Å²) in [5.41, 5.74) is 5.21. The van der Waals surface area contributed by atoms with Crippen molar-refractivity contribution >= 4 is 6.29 Å². The molecule has 0 amide bonds. The summed E-state index contributed by atoms with van der Waals surface area (Å²) < 4.78 is 4.81. The van der Waals surface area contributed by atoms with Crippen LogP contribution in [0, 0.1) is 0 Å². The highest BCUT2D eigenvalue weighted by Crippen LogP contribution is 1.85. The largest absolute Gasteiger partial charge is 0.373 e. The number of hydrogen-bond donors (Lipinski definition) is 1. The van der Waals surface area contributed by atoms with Gasteiger partial charge in [0.25, 0.3) is 0 Å². The Morgan fingerprint density at radius 1 is 1.44 bits per heavy atom. The summed E-state index contributed by atoms with van der Waals surface area (Å²) in [4.78, 5) is 9.56.